The van der Waals surface area contributed by atoms with Gasteiger partial charge in [-0.15, -0.1) is 0 Å². The molecule has 0 spiro atoms. The fourth-order valence-electron chi connectivity index (χ4n) is 3.12. The first-order valence-electron chi connectivity index (χ1n) is 7.99. The summed E-state index contributed by atoms with van der Waals surface area (Å²) in [5.41, 5.74) is 2.16. The van der Waals surface area contributed by atoms with Gasteiger partial charge in [0.05, 0.1) is 5.92 Å². The Labute approximate surface area is 132 Å². The molecule has 1 saturated carbocycles. The number of carbonyl (C=O) groups is 1. The first-order chi connectivity index (χ1) is 10.8. The average molecular weight is 288 g/mol. The second kappa shape index (κ2) is 7.09. The molecule has 3 rings (SSSR count). The van der Waals surface area contributed by atoms with Crippen LogP contribution in [0.25, 0.3) is 0 Å². The van der Waals surface area contributed by atoms with E-state index in [1.165, 1.54) is 0 Å². The number of rotatable bonds is 2. The summed E-state index contributed by atoms with van der Waals surface area (Å²) >= 11 is 0. The van der Waals surface area contributed by atoms with Gasteiger partial charge in [-0.1, -0.05) is 66.8 Å². The normalized spacial score (nSPS) is 19.1. The standard InChI is InChI=1S/C21H20O/c22-21-14-8-7-13-20(21)19(18-11-5-2-6-12-18)16-15-17-9-3-1-4-10-17/h1-6,9-12,19-20H,7-8,13-14H2/t19-,20-/m1/s1. The molecule has 0 heterocycles. The number of carbonyl (C=O) groups excluding carboxylic acids is 1. The summed E-state index contributed by atoms with van der Waals surface area (Å²) in [4.78, 5) is 12.4. The van der Waals surface area contributed by atoms with Gasteiger partial charge in [0, 0.05) is 17.9 Å². The topological polar surface area (TPSA) is 17.1 Å². The van der Waals surface area contributed by atoms with E-state index in [0.717, 1.165) is 30.4 Å². The Bertz CT molecular complexity index is 676. The number of ketones is 1. The van der Waals surface area contributed by atoms with E-state index >= 15 is 0 Å². The van der Waals surface area contributed by atoms with Crippen LogP contribution in [0.15, 0.2) is 60.7 Å². The molecule has 2 aromatic carbocycles. The van der Waals surface area contributed by atoms with E-state index in [9.17, 15) is 4.79 Å². The molecule has 1 aliphatic carbocycles. The van der Waals surface area contributed by atoms with Crippen molar-refractivity contribution in [3.8, 4) is 11.8 Å². The molecule has 0 N–H and O–H groups in total. The van der Waals surface area contributed by atoms with Crippen LogP contribution in [-0.2, 0) is 4.79 Å². The van der Waals surface area contributed by atoms with Crippen molar-refractivity contribution < 1.29 is 4.79 Å². The molecule has 0 saturated heterocycles. The van der Waals surface area contributed by atoms with Crippen LogP contribution in [0.5, 0.6) is 0 Å². The molecule has 2 aromatic rings. The fourth-order valence-corrected chi connectivity index (χ4v) is 3.12. The maximum absolute atomic E-state index is 12.4. The summed E-state index contributed by atoms with van der Waals surface area (Å²) in [7, 11) is 0. The van der Waals surface area contributed by atoms with Crippen molar-refractivity contribution in [3.05, 3.63) is 71.8 Å². The van der Waals surface area contributed by atoms with E-state index in [1.54, 1.807) is 0 Å². The fraction of sp³-hybridized carbons (Fsp3) is 0.286. The van der Waals surface area contributed by atoms with Crippen molar-refractivity contribution in [1.82, 2.24) is 0 Å². The minimum absolute atomic E-state index is 0.00852. The van der Waals surface area contributed by atoms with Crippen LogP contribution in [-0.4, -0.2) is 5.78 Å². The van der Waals surface area contributed by atoms with Gasteiger partial charge in [-0.05, 0) is 30.5 Å². The van der Waals surface area contributed by atoms with Gasteiger partial charge in [-0.3, -0.25) is 4.79 Å². The Morgan fingerprint density at radius 2 is 1.59 bits per heavy atom. The predicted octanol–water partition coefficient (Wildman–Crippen LogP) is 4.58. The largest absolute Gasteiger partial charge is 0.299 e. The van der Waals surface area contributed by atoms with Crippen LogP contribution in [0.2, 0.25) is 0 Å². The van der Waals surface area contributed by atoms with E-state index in [2.05, 4.69) is 24.0 Å². The van der Waals surface area contributed by atoms with Gasteiger partial charge < -0.3 is 0 Å². The van der Waals surface area contributed by atoms with Crippen molar-refractivity contribution in [3.63, 3.8) is 0 Å². The predicted molar refractivity (Wildman–Crippen MR) is 89.5 cm³/mol. The quantitative estimate of drug-likeness (QED) is 0.739. The Morgan fingerprint density at radius 1 is 0.909 bits per heavy atom. The first kappa shape index (κ1) is 14.6. The summed E-state index contributed by atoms with van der Waals surface area (Å²) in [6.07, 6.45) is 3.83. The Hall–Kier alpha value is -2.33. The molecule has 110 valence electrons. The Balaban J connectivity index is 1.93. The zero-order chi connectivity index (χ0) is 15.2. The molecule has 1 fully saturated rings. The van der Waals surface area contributed by atoms with Gasteiger partial charge in [0.25, 0.3) is 0 Å². The van der Waals surface area contributed by atoms with Crippen molar-refractivity contribution in [1.29, 1.82) is 0 Å². The lowest BCUT2D eigenvalue weighted by atomic mass is 9.76. The lowest BCUT2D eigenvalue weighted by Crippen LogP contribution is -2.25. The molecule has 0 aromatic heterocycles. The highest BCUT2D eigenvalue weighted by Crippen LogP contribution is 2.33. The highest BCUT2D eigenvalue weighted by Gasteiger charge is 2.30. The molecule has 0 bridgehead atoms. The lowest BCUT2D eigenvalue weighted by Gasteiger charge is -2.26. The van der Waals surface area contributed by atoms with Crippen LogP contribution >= 0.6 is 0 Å². The average Bonchev–Trinajstić information content (AvgIpc) is 2.58. The summed E-state index contributed by atoms with van der Waals surface area (Å²) in [6.45, 7) is 0. The van der Waals surface area contributed by atoms with Crippen LogP contribution in [0.3, 0.4) is 0 Å². The van der Waals surface area contributed by atoms with Gasteiger partial charge in [0.2, 0.25) is 0 Å². The molecule has 1 nitrogen and oxygen atoms in total. The van der Waals surface area contributed by atoms with Crippen LogP contribution in [0, 0.1) is 17.8 Å². The van der Waals surface area contributed by atoms with Crippen LogP contribution in [0.1, 0.15) is 42.7 Å². The van der Waals surface area contributed by atoms with Crippen LogP contribution in [0.4, 0.5) is 0 Å². The molecule has 0 radical (unpaired) electrons. The van der Waals surface area contributed by atoms with Gasteiger partial charge in [0.1, 0.15) is 5.78 Å². The van der Waals surface area contributed by atoms with Crippen molar-refractivity contribution in [2.24, 2.45) is 5.92 Å². The maximum Gasteiger partial charge on any atom is 0.137 e. The first-order valence-corrected chi connectivity index (χ1v) is 7.99. The molecule has 0 amide bonds. The summed E-state index contributed by atoms with van der Waals surface area (Å²) in [6, 6.07) is 20.2. The molecule has 0 aliphatic heterocycles. The van der Waals surface area contributed by atoms with Gasteiger partial charge in [-0.2, -0.15) is 0 Å². The molecule has 0 unspecified atom stereocenters. The van der Waals surface area contributed by atoms with Gasteiger partial charge in [-0.25, -0.2) is 0 Å². The second-order valence-corrected chi connectivity index (χ2v) is 5.84. The summed E-state index contributed by atoms with van der Waals surface area (Å²) in [5, 5.41) is 0. The third-order valence-corrected chi connectivity index (χ3v) is 4.31. The van der Waals surface area contributed by atoms with Crippen molar-refractivity contribution in [2.45, 2.75) is 31.6 Å². The summed E-state index contributed by atoms with van der Waals surface area (Å²) in [5.74, 6) is 7.07. The Kier molecular flexibility index (Phi) is 4.71. The van der Waals surface area contributed by atoms with Gasteiger partial charge in [0.15, 0.2) is 0 Å². The van der Waals surface area contributed by atoms with E-state index in [0.29, 0.717) is 12.2 Å². The van der Waals surface area contributed by atoms with E-state index in [1.807, 2.05) is 48.5 Å². The molecule has 1 aliphatic rings. The van der Waals surface area contributed by atoms with E-state index in [-0.39, 0.29) is 11.8 Å². The smallest absolute Gasteiger partial charge is 0.137 e. The molecule has 1 heteroatoms. The minimum atomic E-state index is 0.00852. The summed E-state index contributed by atoms with van der Waals surface area (Å²) < 4.78 is 0. The van der Waals surface area contributed by atoms with Crippen molar-refractivity contribution >= 4 is 5.78 Å². The number of benzene rings is 2. The zero-order valence-corrected chi connectivity index (χ0v) is 12.7. The van der Waals surface area contributed by atoms with E-state index < -0.39 is 0 Å². The highest BCUT2D eigenvalue weighted by molar-refractivity contribution is 5.83. The van der Waals surface area contributed by atoms with E-state index in [4.69, 9.17) is 0 Å². The lowest BCUT2D eigenvalue weighted by molar-refractivity contribution is -0.124. The SMILES string of the molecule is O=C1CCCC[C@@H]1[C@H](C#Cc1ccccc1)c1ccccc1. The van der Waals surface area contributed by atoms with Crippen LogP contribution < -0.4 is 0 Å². The Morgan fingerprint density at radius 3 is 2.27 bits per heavy atom. The zero-order valence-electron chi connectivity index (χ0n) is 12.7. The minimum Gasteiger partial charge on any atom is -0.299 e. The maximum atomic E-state index is 12.4. The molecule has 22 heavy (non-hydrogen) atoms. The third-order valence-electron chi connectivity index (χ3n) is 4.31. The highest BCUT2D eigenvalue weighted by atomic mass is 16.1. The second-order valence-electron chi connectivity index (χ2n) is 5.84. The van der Waals surface area contributed by atoms with Crippen molar-refractivity contribution in [2.75, 3.05) is 0 Å². The monoisotopic (exact) mass is 288 g/mol. The number of Topliss-reactive ketones (excluding diaryl/α,β-unsaturated/α-hetero) is 1. The third kappa shape index (κ3) is 3.46. The number of hydrogen-bond donors (Lipinski definition) is 0. The molecular weight excluding hydrogens is 268 g/mol. The molecule has 2 atom stereocenters. The molecular formula is C21H20O. The number of hydrogen-bond acceptors (Lipinski definition) is 1. The van der Waals surface area contributed by atoms with Gasteiger partial charge >= 0.3 is 0 Å².